The summed E-state index contributed by atoms with van der Waals surface area (Å²) < 4.78 is 5.75. The number of fused-ring (bicyclic) bond motifs is 1. The van der Waals surface area contributed by atoms with Gasteiger partial charge in [-0.25, -0.2) is 0 Å². The number of hydrogen-bond acceptors (Lipinski definition) is 3. The van der Waals surface area contributed by atoms with Crippen molar-refractivity contribution in [3.8, 4) is 5.75 Å². The first kappa shape index (κ1) is 13.6. The molecule has 0 amide bonds. The van der Waals surface area contributed by atoms with E-state index < -0.39 is 0 Å². The number of ether oxygens (including phenoxy) is 1. The molecule has 0 atom stereocenters. The first-order valence-corrected chi connectivity index (χ1v) is 6.86. The van der Waals surface area contributed by atoms with Crippen LogP contribution in [0, 0.1) is 0 Å². The maximum Gasteiger partial charge on any atom is 0.155 e. The molecule has 1 heterocycles. The molecule has 21 heavy (non-hydrogen) atoms. The Hall–Kier alpha value is -2.39. The van der Waals surface area contributed by atoms with Crippen LogP contribution in [-0.2, 0) is 6.61 Å². The Morgan fingerprint density at radius 2 is 1.90 bits per heavy atom. The number of halogens is 1. The van der Waals surface area contributed by atoms with Crippen molar-refractivity contribution in [1.82, 2.24) is 4.98 Å². The number of benzene rings is 2. The molecule has 0 spiro atoms. The molecule has 0 aliphatic heterocycles. The predicted octanol–water partition coefficient (Wildman–Crippen LogP) is 4.28. The smallest absolute Gasteiger partial charge is 0.155 e. The minimum absolute atomic E-state index is 0.329. The highest BCUT2D eigenvalue weighted by atomic mass is 35.5. The summed E-state index contributed by atoms with van der Waals surface area (Å²) in [5.41, 5.74) is 2.23. The summed E-state index contributed by atoms with van der Waals surface area (Å²) in [6.45, 7) is 0.329. The van der Waals surface area contributed by atoms with Gasteiger partial charge in [-0.2, -0.15) is 0 Å². The Labute approximate surface area is 127 Å². The summed E-state index contributed by atoms with van der Waals surface area (Å²) in [4.78, 5) is 15.5. The highest BCUT2D eigenvalue weighted by Crippen LogP contribution is 2.26. The third kappa shape index (κ3) is 2.73. The van der Waals surface area contributed by atoms with Crippen LogP contribution in [0.2, 0.25) is 5.02 Å². The highest BCUT2D eigenvalue weighted by molar-refractivity contribution is 6.33. The van der Waals surface area contributed by atoms with Crippen molar-refractivity contribution in [3.05, 3.63) is 70.9 Å². The van der Waals surface area contributed by atoms with E-state index in [2.05, 4.69) is 4.98 Å². The third-order valence-corrected chi connectivity index (χ3v) is 3.56. The van der Waals surface area contributed by atoms with Crippen molar-refractivity contribution in [3.63, 3.8) is 0 Å². The molecular formula is C17H12ClNO2. The second-order valence-electron chi connectivity index (χ2n) is 4.55. The average Bonchev–Trinajstić information content (AvgIpc) is 2.53. The molecule has 4 heteroatoms. The summed E-state index contributed by atoms with van der Waals surface area (Å²) in [5.74, 6) is 0.477. The number of carbonyl (C=O) groups is 1. The van der Waals surface area contributed by atoms with Crippen molar-refractivity contribution in [2.75, 3.05) is 0 Å². The van der Waals surface area contributed by atoms with Gasteiger partial charge in [0.25, 0.3) is 0 Å². The first-order chi connectivity index (χ1) is 10.3. The zero-order valence-electron chi connectivity index (χ0n) is 11.1. The topological polar surface area (TPSA) is 39.2 Å². The van der Waals surface area contributed by atoms with Crippen LogP contribution in [0.5, 0.6) is 5.75 Å². The second kappa shape index (κ2) is 5.94. The van der Waals surface area contributed by atoms with Crippen molar-refractivity contribution >= 4 is 28.8 Å². The van der Waals surface area contributed by atoms with Crippen molar-refractivity contribution in [2.45, 2.75) is 6.61 Å². The van der Waals surface area contributed by atoms with Crippen LogP contribution in [0.15, 0.2) is 54.7 Å². The van der Waals surface area contributed by atoms with Gasteiger partial charge >= 0.3 is 0 Å². The van der Waals surface area contributed by atoms with E-state index in [0.29, 0.717) is 29.2 Å². The summed E-state index contributed by atoms with van der Waals surface area (Å²) in [6, 6.07) is 15.0. The lowest BCUT2D eigenvalue weighted by molar-refractivity contribution is 0.111. The van der Waals surface area contributed by atoms with E-state index in [1.165, 1.54) is 0 Å². The van der Waals surface area contributed by atoms with Gasteiger partial charge in [-0.1, -0.05) is 41.9 Å². The van der Waals surface area contributed by atoms with E-state index >= 15 is 0 Å². The van der Waals surface area contributed by atoms with E-state index in [-0.39, 0.29) is 0 Å². The van der Waals surface area contributed by atoms with E-state index in [9.17, 15) is 4.79 Å². The molecule has 104 valence electrons. The molecule has 0 fully saturated rings. The number of aromatic nitrogens is 1. The number of carbonyl (C=O) groups excluding carboxylic acids is 1. The van der Waals surface area contributed by atoms with Crippen molar-refractivity contribution < 1.29 is 9.53 Å². The normalized spacial score (nSPS) is 10.5. The maximum absolute atomic E-state index is 11.1. The van der Waals surface area contributed by atoms with E-state index in [0.717, 1.165) is 16.5 Å². The molecule has 0 N–H and O–H groups in total. The fraction of sp³-hybridized carbons (Fsp3) is 0.0588. The fourth-order valence-corrected chi connectivity index (χ4v) is 2.41. The molecule has 0 aliphatic carbocycles. The van der Waals surface area contributed by atoms with E-state index in [4.69, 9.17) is 16.3 Å². The summed E-state index contributed by atoms with van der Waals surface area (Å²) in [7, 11) is 0. The predicted molar refractivity (Wildman–Crippen MR) is 82.9 cm³/mol. The molecule has 0 radical (unpaired) electrons. The van der Waals surface area contributed by atoms with Crippen LogP contribution in [0.4, 0.5) is 0 Å². The Balaban J connectivity index is 1.91. The quantitative estimate of drug-likeness (QED) is 0.675. The number of nitrogens with zero attached hydrogens (tertiary/aromatic N) is 1. The van der Waals surface area contributed by atoms with Gasteiger partial charge in [0.15, 0.2) is 6.29 Å². The van der Waals surface area contributed by atoms with E-state index in [1.807, 2.05) is 30.3 Å². The van der Waals surface area contributed by atoms with Crippen LogP contribution in [0.25, 0.3) is 10.9 Å². The minimum atomic E-state index is 0.329. The Kier molecular flexibility index (Phi) is 3.84. The van der Waals surface area contributed by atoms with Crippen LogP contribution in [0.1, 0.15) is 15.9 Å². The van der Waals surface area contributed by atoms with Crippen LogP contribution >= 0.6 is 11.6 Å². The minimum Gasteiger partial charge on any atom is -0.488 e. The SMILES string of the molecule is O=Cc1c(Cl)cccc1OCc1cccc2cccnc12. The van der Waals surface area contributed by atoms with Crippen LogP contribution < -0.4 is 4.74 Å². The first-order valence-electron chi connectivity index (χ1n) is 6.48. The Morgan fingerprint density at radius 1 is 1.10 bits per heavy atom. The van der Waals surface area contributed by atoms with Crippen LogP contribution in [0.3, 0.4) is 0 Å². The average molecular weight is 298 g/mol. The van der Waals surface area contributed by atoms with Gasteiger partial charge < -0.3 is 4.74 Å². The monoisotopic (exact) mass is 297 g/mol. The zero-order valence-corrected chi connectivity index (χ0v) is 11.9. The number of hydrogen-bond donors (Lipinski definition) is 0. The Morgan fingerprint density at radius 3 is 2.76 bits per heavy atom. The standard InChI is InChI=1S/C17H12ClNO2/c18-15-7-2-8-16(14(15)10-20)21-11-13-5-1-4-12-6-3-9-19-17(12)13/h1-10H,11H2. The molecule has 3 aromatic rings. The van der Waals surface area contributed by atoms with Gasteiger partial charge in [-0.15, -0.1) is 0 Å². The molecule has 2 aromatic carbocycles. The fourth-order valence-electron chi connectivity index (χ4n) is 2.20. The maximum atomic E-state index is 11.1. The van der Waals surface area contributed by atoms with Crippen molar-refractivity contribution in [1.29, 1.82) is 0 Å². The lowest BCUT2D eigenvalue weighted by Gasteiger charge is -2.10. The second-order valence-corrected chi connectivity index (χ2v) is 4.96. The molecular weight excluding hydrogens is 286 g/mol. The van der Waals surface area contributed by atoms with Gasteiger partial charge in [-0.3, -0.25) is 9.78 Å². The lowest BCUT2D eigenvalue weighted by atomic mass is 10.1. The van der Waals surface area contributed by atoms with Crippen molar-refractivity contribution in [2.24, 2.45) is 0 Å². The number of aldehydes is 1. The number of pyridine rings is 1. The summed E-state index contributed by atoms with van der Waals surface area (Å²) in [5, 5.41) is 1.44. The largest absolute Gasteiger partial charge is 0.488 e. The third-order valence-electron chi connectivity index (χ3n) is 3.23. The zero-order chi connectivity index (χ0) is 14.7. The molecule has 3 nitrogen and oxygen atoms in total. The molecule has 0 saturated carbocycles. The summed E-state index contributed by atoms with van der Waals surface area (Å²) >= 11 is 5.98. The number of rotatable bonds is 4. The molecule has 0 aliphatic rings. The Bertz CT molecular complexity index is 796. The number of para-hydroxylation sites is 1. The van der Waals surface area contributed by atoms with Gasteiger partial charge in [0.05, 0.1) is 16.1 Å². The molecule has 0 bridgehead atoms. The van der Waals surface area contributed by atoms with Crippen LogP contribution in [-0.4, -0.2) is 11.3 Å². The highest BCUT2D eigenvalue weighted by Gasteiger charge is 2.08. The molecule has 1 aromatic heterocycles. The molecule has 3 rings (SSSR count). The van der Waals surface area contributed by atoms with Gasteiger partial charge in [0.2, 0.25) is 0 Å². The van der Waals surface area contributed by atoms with Gasteiger partial charge in [0, 0.05) is 17.1 Å². The molecule has 0 saturated heterocycles. The molecule has 0 unspecified atom stereocenters. The van der Waals surface area contributed by atoms with Gasteiger partial charge in [-0.05, 0) is 18.2 Å². The van der Waals surface area contributed by atoms with E-state index in [1.54, 1.807) is 24.4 Å². The van der Waals surface area contributed by atoms with Gasteiger partial charge in [0.1, 0.15) is 12.4 Å². The summed E-state index contributed by atoms with van der Waals surface area (Å²) in [6.07, 6.45) is 2.46. The lowest BCUT2D eigenvalue weighted by Crippen LogP contribution is -2.00.